The Balaban J connectivity index is 0.00000180. The second kappa shape index (κ2) is 7.22. The molecule has 114 valence electrons. The lowest BCUT2D eigenvalue weighted by Gasteiger charge is -2.35. The summed E-state index contributed by atoms with van der Waals surface area (Å²) in [6, 6.07) is 0.136. The number of hydrogen-bond donors (Lipinski definition) is 1. The molecule has 0 bridgehead atoms. The lowest BCUT2D eigenvalue weighted by molar-refractivity contribution is 0.253. The van der Waals surface area contributed by atoms with Gasteiger partial charge in [0.25, 0.3) is 10.2 Å². The summed E-state index contributed by atoms with van der Waals surface area (Å²) in [6.45, 7) is 4.94. The van der Waals surface area contributed by atoms with Gasteiger partial charge in [0.05, 0.1) is 0 Å². The van der Waals surface area contributed by atoms with Crippen LogP contribution in [0.3, 0.4) is 0 Å². The minimum Gasteiger partial charge on any atom is -0.318 e. The summed E-state index contributed by atoms with van der Waals surface area (Å²) in [4.78, 5) is 0. The first-order chi connectivity index (χ1) is 8.55. The van der Waals surface area contributed by atoms with Crippen LogP contribution in [0.5, 0.6) is 0 Å². The molecule has 1 N–H and O–H groups in total. The minimum atomic E-state index is -3.24. The summed E-state index contributed by atoms with van der Waals surface area (Å²) < 4.78 is 28.7. The standard InChI is InChI=1S/C12H25N3O2S.ClH/c1-11-5-3-7-14(10-11)18(16,17)15-8-4-6-12(15)9-13-2;/h11-13H,3-10H2,1-2H3;1H. The molecule has 5 nitrogen and oxygen atoms in total. The summed E-state index contributed by atoms with van der Waals surface area (Å²) in [5.41, 5.74) is 0. The van der Waals surface area contributed by atoms with Crippen molar-refractivity contribution in [3.63, 3.8) is 0 Å². The van der Waals surface area contributed by atoms with E-state index in [2.05, 4.69) is 12.2 Å². The van der Waals surface area contributed by atoms with Crippen LogP contribution in [0, 0.1) is 5.92 Å². The summed E-state index contributed by atoms with van der Waals surface area (Å²) in [7, 11) is -1.36. The number of halogens is 1. The Bertz CT molecular complexity index is 377. The first-order valence-electron chi connectivity index (χ1n) is 6.97. The molecule has 0 spiro atoms. The third-order valence-electron chi connectivity index (χ3n) is 4.01. The Labute approximate surface area is 123 Å². The van der Waals surface area contributed by atoms with Crippen LogP contribution in [0.15, 0.2) is 0 Å². The number of hydrogen-bond acceptors (Lipinski definition) is 3. The number of nitrogens with zero attached hydrogens (tertiary/aromatic N) is 2. The highest BCUT2D eigenvalue weighted by Gasteiger charge is 2.38. The average Bonchev–Trinajstić information content (AvgIpc) is 2.78. The molecule has 0 aromatic carbocycles. The van der Waals surface area contributed by atoms with Crippen LogP contribution in [0.25, 0.3) is 0 Å². The first kappa shape index (κ1) is 17.2. The van der Waals surface area contributed by atoms with E-state index in [1.165, 1.54) is 0 Å². The van der Waals surface area contributed by atoms with Crippen molar-refractivity contribution in [1.29, 1.82) is 0 Å². The minimum absolute atomic E-state index is 0. The van der Waals surface area contributed by atoms with Gasteiger partial charge in [0.1, 0.15) is 0 Å². The van der Waals surface area contributed by atoms with Crippen LogP contribution in [0.1, 0.15) is 32.6 Å². The maximum Gasteiger partial charge on any atom is 0.282 e. The average molecular weight is 312 g/mol. The van der Waals surface area contributed by atoms with Gasteiger partial charge in [0.2, 0.25) is 0 Å². The quantitative estimate of drug-likeness (QED) is 0.845. The van der Waals surface area contributed by atoms with Crippen molar-refractivity contribution < 1.29 is 8.42 Å². The summed E-state index contributed by atoms with van der Waals surface area (Å²) in [5.74, 6) is 0.485. The van der Waals surface area contributed by atoms with Gasteiger partial charge in [-0.2, -0.15) is 17.0 Å². The predicted molar refractivity (Wildman–Crippen MR) is 79.8 cm³/mol. The van der Waals surface area contributed by atoms with Crippen LogP contribution >= 0.6 is 12.4 Å². The maximum absolute atomic E-state index is 12.6. The van der Waals surface area contributed by atoms with E-state index in [1.54, 1.807) is 8.61 Å². The van der Waals surface area contributed by atoms with Crippen molar-refractivity contribution in [3.8, 4) is 0 Å². The molecule has 2 fully saturated rings. The van der Waals surface area contributed by atoms with E-state index in [-0.39, 0.29) is 18.4 Å². The Morgan fingerprint density at radius 2 is 1.89 bits per heavy atom. The predicted octanol–water partition coefficient (Wildman–Crippen LogP) is 1.07. The van der Waals surface area contributed by atoms with Crippen LogP contribution < -0.4 is 5.32 Å². The molecule has 0 aromatic rings. The highest BCUT2D eigenvalue weighted by Crippen LogP contribution is 2.26. The second-order valence-corrected chi connectivity index (χ2v) is 7.46. The van der Waals surface area contributed by atoms with Gasteiger partial charge in [-0.1, -0.05) is 6.92 Å². The number of nitrogens with one attached hydrogen (secondary N) is 1. The van der Waals surface area contributed by atoms with Crippen LogP contribution in [0.4, 0.5) is 0 Å². The molecule has 2 aliphatic heterocycles. The van der Waals surface area contributed by atoms with E-state index >= 15 is 0 Å². The number of rotatable bonds is 4. The molecule has 0 aromatic heterocycles. The highest BCUT2D eigenvalue weighted by atomic mass is 35.5. The fourth-order valence-corrected chi connectivity index (χ4v) is 5.07. The molecule has 2 aliphatic rings. The van der Waals surface area contributed by atoms with Gasteiger partial charge in [0.15, 0.2) is 0 Å². The molecule has 0 amide bonds. The molecule has 0 saturated carbocycles. The van der Waals surface area contributed by atoms with Crippen LogP contribution in [-0.4, -0.2) is 56.3 Å². The summed E-state index contributed by atoms with van der Waals surface area (Å²) in [5, 5.41) is 3.10. The normalized spacial score (nSPS) is 30.2. The second-order valence-electron chi connectivity index (χ2n) is 5.58. The van der Waals surface area contributed by atoms with Crippen molar-refractivity contribution in [3.05, 3.63) is 0 Å². The van der Waals surface area contributed by atoms with E-state index in [0.717, 1.165) is 32.2 Å². The first-order valence-corrected chi connectivity index (χ1v) is 8.37. The molecule has 19 heavy (non-hydrogen) atoms. The van der Waals surface area contributed by atoms with Crippen molar-refractivity contribution in [2.75, 3.05) is 33.2 Å². The zero-order valence-corrected chi connectivity index (χ0v) is 13.5. The zero-order valence-electron chi connectivity index (χ0n) is 11.8. The number of piperidine rings is 1. The highest BCUT2D eigenvalue weighted by molar-refractivity contribution is 7.86. The van der Waals surface area contributed by atoms with E-state index < -0.39 is 10.2 Å². The fourth-order valence-electron chi connectivity index (χ4n) is 3.06. The largest absolute Gasteiger partial charge is 0.318 e. The SMILES string of the molecule is CNCC1CCCN1S(=O)(=O)N1CCCC(C)C1.Cl. The van der Waals surface area contributed by atoms with Crippen LogP contribution in [0.2, 0.25) is 0 Å². The van der Waals surface area contributed by atoms with E-state index in [4.69, 9.17) is 0 Å². The molecule has 0 aliphatic carbocycles. The summed E-state index contributed by atoms with van der Waals surface area (Å²) >= 11 is 0. The molecule has 2 heterocycles. The summed E-state index contributed by atoms with van der Waals surface area (Å²) in [6.07, 6.45) is 4.09. The Morgan fingerprint density at radius 3 is 2.53 bits per heavy atom. The van der Waals surface area contributed by atoms with Gasteiger partial charge >= 0.3 is 0 Å². The lowest BCUT2D eigenvalue weighted by atomic mass is 10.0. The number of likely N-dealkylation sites (N-methyl/N-ethyl adjacent to an activating group) is 1. The van der Waals surface area contributed by atoms with Crippen LogP contribution in [-0.2, 0) is 10.2 Å². The third kappa shape index (κ3) is 3.82. The lowest BCUT2D eigenvalue weighted by Crippen LogP contribution is -2.50. The van der Waals surface area contributed by atoms with Crippen molar-refractivity contribution in [2.45, 2.75) is 38.6 Å². The molecule has 2 saturated heterocycles. The van der Waals surface area contributed by atoms with Gasteiger partial charge < -0.3 is 5.32 Å². The van der Waals surface area contributed by atoms with Gasteiger partial charge in [-0.3, -0.25) is 0 Å². The molecule has 2 rings (SSSR count). The van der Waals surface area contributed by atoms with Gasteiger partial charge in [-0.15, -0.1) is 12.4 Å². The van der Waals surface area contributed by atoms with Gasteiger partial charge in [-0.05, 0) is 38.6 Å². The monoisotopic (exact) mass is 311 g/mol. The van der Waals surface area contributed by atoms with E-state index in [0.29, 0.717) is 25.6 Å². The van der Waals surface area contributed by atoms with E-state index in [1.807, 2.05) is 7.05 Å². The van der Waals surface area contributed by atoms with E-state index in [9.17, 15) is 8.42 Å². The topological polar surface area (TPSA) is 52.7 Å². The Hall–Kier alpha value is 0.120. The molecular weight excluding hydrogens is 286 g/mol. The fraction of sp³-hybridized carbons (Fsp3) is 1.00. The molecule has 0 radical (unpaired) electrons. The maximum atomic E-state index is 12.6. The molecule has 2 atom stereocenters. The molecular formula is C12H26ClN3O2S. The smallest absolute Gasteiger partial charge is 0.282 e. The molecule has 7 heteroatoms. The van der Waals surface area contributed by atoms with Crippen molar-refractivity contribution >= 4 is 22.6 Å². The third-order valence-corrected chi connectivity index (χ3v) is 6.06. The van der Waals surface area contributed by atoms with Gasteiger partial charge in [0, 0.05) is 32.2 Å². The van der Waals surface area contributed by atoms with Crippen molar-refractivity contribution in [2.24, 2.45) is 5.92 Å². The molecule has 2 unspecified atom stereocenters. The van der Waals surface area contributed by atoms with Crippen molar-refractivity contribution in [1.82, 2.24) is 13.9 Å². The Morgan fingerprint density at radius 1 is 1.21 bits per heavy atom. The zero-order chi connectivity index (χ0) is 13.2. The Kier molecular flexibility index (Phi) is 6.53. The van der Waals surface area contributed by atoms with Gasteiger partial charge in [-0.25, -0.2) is 0 Å².